The lowest BCUT2D eigenvalue weighted by Gasteiger charge is -2.16. The molecule has 112 valence electrons. The maximum atomic E-state index is 12.7. The smallest absolute Gasteiger partial charge is 0.396 e. The number of amides is 2. The van der Waals surface area contributed by atoms with Crippen molar-refractivity contribution < 1.29 is 23.1 Å². The van der Waals surface area contributed by atoms with Crippen LogP contribution in [0.3, 0.4) is 0 Å². The third kappa shape index (κ3) is 5.08. The highest BCUT2D eigenvalue weighted by molar-refractivity contribution is 5.90. The number of nitrogens with one attached hydrogen (secondary N) is 2. The Kier molecular flexibility index (Phi) is 5.82. The lowest BCUT2D eigenvalue weighted by Crippen LogP contribution is -2.36. The summed E-state index contributed by atoms with van der Waals surface area (Å²) in [5.41, 5.74) is -1.18. The Labute approximate surface area is 115 Å². The van der Waals surface area contributed by atoms with E-state index in [0.717, 1.165) is 6.07 Å². The molecule has 0 aliphatic heterocycles. The molecule has 1 aromatic rings. The van der Waals surface area contributed by atoms with Crippen LogP contribution in [0.2, 0.25) is 0 Å². The van der Waals surface area contributed by atoms with Gasteiger partial charge in [-0.2, -0.15) is 13.2 Å². The fourth-order valence-corrected chi connectivity index (χ4v) is 1.69. The summed E-state index contributed by atoms with van der Waals surface area (Å²) in [6, 6.07) is 3.84. The first-order chi connectivity index (χ1) is 9.34. The van der Waals surface area contributed by atoms with Crippen LogP contribution in [0.15, 0.2) is 24.3 Å². The zero-order valence-electron chi connectivity index (χ0n) is 11.0. The molecule has 1 rings (SSSR count). The predicted molar refractivity (Wildman–Crippen MR) is 69.4 cm³/mol. The van der Waals surface area contributed by atoms with Gasteiger partial charge in [0, 0.05) is 12.6 Å². The summed E-state index contributed by atoms with van der Waals surface area (Å²) >= 11 is 0. The van der Waals surface area contributed by atoms with Gasteiger partial charge in [-0.15, -0.1) is 0 Å². The molecule has 0 saturated carbocycles. The van der Waals surface area contributed by atoms with E-state index in [1.807, 2.05) is 0 Å². The SMILES string of the molecule is CC(CCCO)NC(=O)Nc1ccccc1C(F)(F)F. The second-order valence-corrected chi connectivity index (χ2v) is 4.41. The number of urea groups is 1. The van der Waals surface area contributed by atoms with Crippen molar-refractivity contribution in [2.75, 3.05) is 11.9 Å². The molecule has 3 N–H and O–H groups in total. The molecule has 1 aromatic carbocycles. The van der Waals surface area contributed by atoms with Crippen molar-refractivity contribution in [3.05, 3.63) is 29.8 Å². The van der Waals surface area contributed by atoms with Crippen LogP contribution < -0.4 is 10.6 Å². The number of hydrogen-bond donors (Lipinski definition) is 3. The molecule has 0 radical (unpaired) electrons. The number of para-hydroxylation sites is 1. The molecule has 0 aliphatic carbocycles. The van der Waals surface area contributed by atoms with Crippen molar-refractivity contribution in [3.8, 4) is 0 Å². The first-order valence-electron chi connectivity index (χ1n) is 6.19. The third-order valence-electron chi connectivity index (χ3n) is 2.65. The second-order valence-electron chi connectivity index (χ2n) is 4.41. The number of aliphatic hydroxyl groups excluding tert-OH is 1. The standard InChI is InChI=1S/C13H17F3N2O2/c1-9(5-4-8-19)17-12(20)18-11-7-3-2-6-10(11)13(14,15)16/h2-3,6-7,9,19H,4-5,8H2,1H3,(H2,17,18,20). The van der Waals surface area contributed by atoms with E-state index in [2.05, 4.69) is 10.6 Å². The number of benzene rings is 1. The summed E-state index contributed by atoms with van der Waals surface area (Å²) < 4.78 is 38.2. The third-order valence-corrected chi connectivity index (χ3v) is 2.65. The number of aliphatic hydroxyl groups is 1. The summed E-state index contributed by atoms with van der Waals surface area (Å²) in [5.74, 6) is 0. The molecule has 7 heteroatoms. The predicted octanol–water partition coefficient (Wildman–Crippen LogP) is 2.99. The highest BCUT2D eigenvalue weighted by Crippen LogP contribution is 2.34. The van der Waals surface area contributed by atoms with Gasteiger partial charge in [0.2, 0.25) is 0 Å². The molecule has 0 aromatic heterocycles. The van der Waals surface area contributed by atoms with E-state index in [1.54, 1.807) is 6.92 Å². The van der Waals surface area contributed by atoms with Gasteiger partial charge in [-0.05, 0) is 31.9 Å². The fourth-order valence-electron chi connectivity index (χ4n) is 1.69. The van der Waals surface area contributed by atoms with Gasteiger partial charge in [-0.1, -0.05) is 12.1 Å². The van der Waals surface area contributed by atoms with Gasteiger partial charge in [-0.3, -0.25) is 0 Å². The van der Waals surface area contributed by atoms with E-state index in [-0.39, 0.29) is 18.3 Å². The molecular formula is C13H17F3N2O2. The minimum Gasteiger partial charge on any atom is -0.396 e. The lowest BCUT2D eigenvalue weighted by atomic mass is 10.1. The number of carbonyl (C=O) groups excluding carboxylic acids is 1. The minimum atomic E-state index is -4.52. The zero-order chi connectivity index (χ0) is 15.2. The Hall–Kier alpha value is -1.76. The molecule has 2 amide bonds. The number of hydrogen-bond acceptors (Lipinski definition) is 2. The molecule has 0 bridgehead atoms. The number of alkyl halides is 3. The highest BCUT2D eigenvalue weighted by Gasteiger charge is 2.33. The number of anilines is 1. The van der Waals surface area contributed by atoms with Crippen LogP contribution in [-0.2, 0) is 6.18 Å². The topological polar surface area (TPSA) is 61.4 Å². The van der Waals surface area contributed by atoms with Crippen LogP contribution in [0, 0.1) is 0 Å². The van der Waals surface area contributed by atoms with Crippen molar-refractivity contribution in [1.82, 2.24) is 5.32 Å². The van der Waals surface area contributed by atoms with E-state index >= 15 is 0 Å². The van der Waals surface area contributed by atoms with Crippen LogP contribution in [0.25, 0.3) is 0 Å². The van der Waals surface area contributed by atoms with E-state index in [9.17, 15) is 18.0 Å². The molecule has 1 unspecified atom stereocenters. The van der Waals surface area contributed by atoms with E-state index in [1.165, 1.54) is 18.2 Å². The molecule has 0 aliphatic rings. The molecule has 0 fully saturated rings. The Morgan fingerprint density at radius 1 is 1.35 bits per heavy atom. The van der Waals surface area contributed by atoms with Crippen LogP contribution >= 0.6 is 0 Å². The van der Waals surface area contributed by atoms with Crippen LogP contribution in [-0.4, -0.2) is 23.8 Å². The molecule has 0 saturated heterocycles. The van der Waals surface area contributed by atoms with E-state index < -0.39 is 17.8 Å². The number of halogens is 3. The summed E-state index contributed by atoms with van der Waals surface area (Å²) in [7, 11) is 0. The Bertz CT molecular complexity index is 449. The molecule has 1 atom stereocenters. The molecule has 0 spiro atoms. The van der Waals surface area contributed by atoms with Gasteiger partial charge < -0.3 is 15.7 Å². The molecule has 0 heterocycles. The average Bonchev–Trinajstić information content (AvgIpc) is 2.35. The quantitative estimate of drug-likeness (QED) is 0.780. The summed E-state index contributed by atoms with van der Waals surface area (Å²) in [6.45, 7) is 1.72. The summed E-state index contributed by atoms with van der Waals surface area (Å²) in [5, 5.41) is 13.4. The first kappa shape index (κ1) is 16.3. The Morgan fingerprint density at radius 2 is 2.00 bits per heavy atom. The fraction of sp³-hybridized carbons (Fsp3) is 0.462. The van der Waals surface area contributed by atoms with Gasteiger partial charge in [0.1, 0.15) is 0 Å². The Morgan fingerprint density at radius 3 is 2.60 bits per heavy atom. The van der Waals surface area contributed by atoms with Crippen LogP contribution in [0.4, 0.5) is 23.7 Å². The zero-order valence-corrected chi connectivity index (χ0v) is 11.0. The van der Waals surface area contributed by atoms with Gasteiger partial charge in [0.15, 0.2) is 0 Å². The van der Waals surface area contributed by atoms with Crippen molar-refractivity contribution >= 4 is 11.7 Å². The monoisotopic (exact) mass is 290 g/mol. The molecular weight excluding hydrogens is 273 g/mol. The lowest BCUT2D eigenvalue weighted by molar-refractivity contribution is -0.136. The minimum absolute atomic E-state index is 0.00451. The Balaban J connectivity index is 2.67. The summed E-state index contributed by atoms with van der Waals surface area (Å²) in [6.07, 6.45) is -3.46. The highest BCUT2D eigenvalue weighted by atomic mass is 19.4. The maximum Gasteiger partial charge on any atom is 0.418 e. The van der Waals surface area contributed by atoms with E-state index in [0.29, 0.717) is 12.8 Å². The van der Waals surface area contributed by atoms with Crippen LogP contribution in [0.5, 0.6) is 0 Å². The normalized spacial score (nSPS) is 12.8. The number of rotatable bonds is 5. The molecule has 4 nitrogen and oxygen atoms in total. The van der Waals surface area contributed by atoms with Crippen molar-refractivity contribution in [2.24, 2.45) is 0 Å². The molecule has 20 heavy (non-hydrogen) atoms. The van der Waals surface area contributed by atoms with Crippen molar-refractivity contribution in [2.45, 2.75) is 32.0 Å². The average molecular weight is 290 g/mol. The first-order valence-corrected chi connectivity index (χ1v) is 6.19. The largest absolute Gasteiger partial charge is 0.418 e. The van der Waals surface area contributed by atoms with E-state index in [4.69, 9.17) is 5.11 Å². The van der Waals surface area contributed by atoms with Crippen LogP contribution in [0.1, 0.15) is 25.3 Å². The van der Waals surface area contributed by atoms with Crippen molar-refractivity contribution in [3.63, 3.8) is 0 Å². The van der Waals surface area contributed by atoms with Gasteiger partial charge in [0.05, 0.1) is 11.3 Å². The summed E-state index contributed by atoms with van der Waals surface area (Å²) in [4.78, 5) is 11.6. The van der Waals surface area contributed by atoms with Gasteiger partial charge in [0.25, 0.3) is 0 Å². The second kappa shape index (κ2) is 7.14. The van der Waals surface area contributed by atoms with Gasteiger partial charge in [-0.25, -0.2) is 4.79 Å². The van der Waals surface area contributed by atoms with Crippen molar-refractivity contribution in [1.29, 1.82) is 0 Å². The maximum absolute atomic E-state index is 12.7. The number of carbonyl (C=O) groups is 1. The van der Waals surface area contributed by atoms with Gasteiger partial charge >= 0.3 is 12.2 Å².